The summed E-state index contributed by atoms with van der Waals surface area (Å²) < 4.78 is 12.3. The molecule has 0 unspecified atom stereocenters. The van der Waals surface area contributed by atoms with E-state index in [1.54, 1.807) is 30.0 Å². The molecule has 2 heterocycles. The van der Waals surface area contributed by atoms with Gasteiger partial charge in [-0.3, -0.25) is 9.69 Å². The van der Waals surface area contributed by atoms with Gasteiger partial charge in [0.05, 0.1) is 31.7 Å². The number of carbonyl (C=O) groups is 1. The Morgan fingerprint density at radius 3 is 2.74 bits per heavy atom. The van der Waals surface area contributed by atoms with Crippen LogP contribution in [0, 0.1) is 0 Å². The largest absolute Gasteiger partial charge is 0.497 e. The van der Waals surface area contributed by atoms with Crippen LogP contribution in [-0.2, 0) is 4.74 Å². The summed E-state index contributed by atoms with van der Waals surface area (Å²) in [6.07, 6.45) is 0. The van der Waals surface area contributed by atoms with E-state index >= 15 is 0 Å². The second kappa shape index (κ2) is 9.96. The van der Waals surface area contributed by atoms with Crippen molar-refractivity contribution in [2.45, 2.75) is 0 Å². The molecule has 1 aliphatic heterocycles. The smallest absolute Gasteiger partial charge is 0.270 e. The fourth-order valence-electron chi connectivity index (χ4n) is 3.51. The van der Waals surface area contributed by atoms with Gasteiger partial charge in [-0.15, -0.1) is 0 Å². The number of hydrogen-bond donors (Lipinski definition) is 1. The summed E-state index contributed by atoms with van der Waals surface area (Å²) in [6, 6.07) is 16.7. The first-order chi connectivity index (χ1) is 15.1. The molecule has 0 saturated carbocycles. The van der Waals surface area contributed by atoms with Crippen molar-refractivity contribution in [3.05, 3.63) is 65.3 Å². The van der Waals surface area contributed by atoms with Gasteiger partial charge in [-0.05, 0) is 36.4 Å². The molecule has 0 aliphatic carbocycles. The molecule has 162 valence electrons. The van der Waals surface area contributed by atoms with Gasteiger partial charge >= 0.3 is 0 Å². The summed E-state index contributed by atoms with van der Waals surface area (Å²) in [7, 11) is 1.62. The average molecular weight is 441 g/mol. The van der Waals surface area contributed by atoms with E-state index in [1.165, 1.54) is 0 Å². The number of benzene rings is 2. The molecule has 3 aromatic rings. The summed E-state index contributed by atoms with van der Waals surface area (Å²) >= 11 is 6.19. The second-order valence-corrected chi connectivity index (χ2v) is 7.68. The van der Waals surface area contributed by atoms with Crippen molar-refractivity contribution >= 4 is 17.5 Å². The summed E-state index contributed by atoms with van der Waals surface area (Å²) in [4.78, 5) is 15.3. The Bertz CT molecular complexity index is 1050. The maximum Gasteiger partial charge on any atom is 0.270 e. The van der Waals surface area contributed by atoms with Crippen molar-refractivity contribution in [2.24, 2.45) is 0 Å². The number of nitrogens with one attached hydrogen (secondary N) is 1. The molecule has 4 rings (SSSR count). The molecule has 1 saturated heterocycles. The highest BCUT2D eigenvalue weighted by Gasteiger charge is 2.19. The molecule has 2 aromatic carbocycles. The predicted molar refractivity (Wildman–Crippen MR) is 120 cm³/mol. The van der Waals surface area contributed by atoms with E-state index < -0.39 is 0 Å². The zero-order valence-electron chi connectivity index (χ0n) is 17.4. The molecule has 0 atom stereocenters. The number of methoxy groups -OCH3 is 1. The number of rotatable bonds is 7. The summed E-state index contributed by atoms with van der Waals surface area (Å²) in [6.45, 7) is 4.57. The van der Waals surface area contributed by atoms with Crippen LogP contribution in [0.15, 0.2) is 54.6 Å². The number of ether oxygens (including phenoxy) is 2. The van der Waals surface area contributed by atoms with Gasteiger partial charge in [0.1, 0.15) is 11.4 Å². The first-order valence-electron chi connectivity index (χ1n) is 10.2. The summed E-state index contributed by atoms with van der Waals surface area (Å²) in [5.74, 6) is 0.543. The van der Waals surface area contributed by atoms with Gasteiger partial charge in [-0.25, -0.2) is 4.68 Å². The number of amides is 1. The number of hydrogen-bond acceptors (Lipinski definition) is 5. The van der Waals surface area contributed by atoms with E-state index in [0.717, 1.165) is 49.8 Å². The third-order valence-electron chi connectivity index (χ3n) is 5.18. The van der Waals surface area contributed by atoms with E-state index in [2.05, 4.69) is 10.2 Å². The molecular weight excluding hydrogens is 416 g/mol. The first-order valence-corrected chi connectivity index (χ1v) is 10.6. The fourth-order valence-corrected chi connectivity index (χ4v) is 3.70. The second-order valence-electron chi connectivity index (χ2n) is 7.25. The quantitative estimate of drug-likeness (QED) is 0.610. The zero-order chi connectivity index (χ0) is 21.6. The first kappa shape index (κ1) is 21.4. The van der Waals surface area contributed by atoms with Crippen LogP contribution in [0.4, 0.5) is 0 Å². The third-order valence-corrected chi connectivity index (χ3v) is 5.41. The molecule has 1 aromatic heterocycles. The average Bonchev–Trinajstić information content (AvgIpc) is 3.26. The van der Waals surface area contributed by atoms with Crippen LogP contribution in [0.2, 0.25) is 5.02 Å². The molecular formula is C23H25ClN4O3. The SMILES string of the molecule is COc1cccc(-c2cc(C(=O)NCCN3CCOCC3)n(-c3cccc(Cl)c3)n2)c1. The highest BCUT2D eigenvalue weighted by atomic mass is 35.5. The van der Waals surface area contributed by atoms with Crippen molar-refractivity contribution in [3.63, 3.8) is 0 Å². The number of morpholine rings is 1. The summed E-state index contributed by atoms with van der Waals surface area (Å²) in [5, 5.41) is 8.30. The lowest BCUT2D eigenvalue weighted by Gasteiger charge is -2.26. The van der Waals surface area contributed by atoms with Crippen molar-refractivity contribution in [2.75, 3.05) is 46.5 Å². The topological polar surface area (TPSA) is 68.6 Å². The van der Waals surface area contributed by atoms with Crippen LogP contribution in [0.25, 0.3) is 16.9 Å². The monoisotopic (exact) mass is 440 g/mol. The lowest BCUT2D eigenvalue weighted by molar-refractivity contribution is 0.0383. The highest BCUT2D eigenvalue weighted by molar-refractivity contribution is 6.30. The van der Waals surface area contributed by atoms with Crippen molar-refractivity contribution < 1.29 is 14.3 Å². The zero-order valence-corrected chi connectivity index (χ0v) is 18.1. The minimum absolute atomic E-state index is 0.185. The van der Waals surface area contributed by atoms with Gasteiger partial charge < -0.3 is 14.8 Å². The molecule has 0 radical (unpaired) electrons. The van der Waals surface area contributed by atoms with Gasteiger partial charge in [0.25, 0.3) is 5.91 Å². The molecule has 31 heavy (non-hydrogen) atoms. The Kier molecular flexibility index (Phi) is 6.86. The van der Waals surface area contributed by atoms with Gasteiger partial charge in [0, 0.05) is 36.8 Å². The molecule has 1 aliphatic rings. The standard InChI is InChI=1S/C23H25ClN4O3/c1-30-20-7-2-4-17(14-20)21-16-22(28(26-21)19-6-3-5-18(24)15-19)23(29)25-8-9-27-10-12-31-13-11-27/h2-7,14-16H,8-13H2,1H3,(H,25,29). The van der Waals surface area contributed by atoms with Crippen LogP contribution in [-0.4, -0.2) is 67.1 Å². The van der Waals surface area contributed by atoms with E-state index in [0.29, 0.717) is 23.0 Å². The molecule has 1 fully saturated rings. The van der Waals surface area contributed by atoms with Gasteiger partial charge in [-0.1, -0.05) is 29.8 Å². The van der Waals surface area contributed by atoms with Crippen LogP contribution in [0.3, 0.4) is 0 Å². The minimum Gasteiger partial charge on any atom is -0.497 e. The van der Waals surface area contributed by atoms with E-state index in [9.17, 15) is 4.79 Å². The Labute approximate surface area is 186 Å². The Morgan fingerprint density at radius 1 is 1.16 bits per heavy atom. The van der Waals surface area contributed by atoms with Gasteiger partial charge in [0.15, 0.2) is 0 Å². The number of carbonyl (C=O) groups excluding carboxylic acids is 1. The highest BCUT2D eigenvalue weighted by Crippen LogP contribution is 2.26. The van der Waals surface area contributed by atoms with Gasteiger partial charge in [-0.2, -0.15) is 5.10 Å². The third kappa shape index (κ3) is 5.25. The fraction of sp³-hybridized carbons (Fsp3) is 0.304. The number of aromatic nitrogens is 2. The molecule has 1 amide bonds. The molecule has 8 heteroatoms. The lowest BCUT2D eigenvalue weighted by Crippen LogP contribution is -2.41. The molecule has 0 bridgehead atoms. The maximum atomic E-state index is 13.1. The van der Waals surface area contributed by atoms with E-state index in [4.69, 9.17) is 26.2 Å². The van der Waals surface area contributed by atoms with Crippen molar-refractivity contribution in [1.82, 2.24) is 20.0 Å². The molecule has 0 spiro atoms. The van der Waals surface area contributed by atoms with Crippen molar-refractivity contribution in [3.8, 4) is 22.7 Å². The van der Waals surface area contributed by atoms with Crippen LogP contribution >= 0.6 is 11.6 Å². The van der Waals surface area contributed by atoms with E-state index in [1.807, 2.05) is 36.4 Å². The van der Waals surface area contributed by atoms with Crippen LogP contribution in [0.5, 0.6) is 5.75 Å². The Hall–Kier alpha value is -2.87. The summed E-state index contributed by atoms with van der Waals surface area (Å²) in [5.41, 5.74) is 2.71. The van der Waals surface area contributed by atoms with E-state index in [-0.39, 0.29) is 5.91 Å². The predicted octanol–water partition coefficient (Wildman–Crippen LogP) is 3.26. The molecule has 1 N–H and O–H groups in total. The van der Waals surface area contributed by atoms with Crippen LogP contribution in [0.1, 0.15) is 10.5 Å². The Balaban J connectivity index is 1.59. The number of nitrogens with zero attached hydrogens (tertiary/aromatic N) is 3. The minimum atomic E-state index is -0.185. The maximum absolute atomic E-state index is 13.1. The number of halogens is 1. The lowest BCUT2D eigenvalue weighted by atomic mass is 10.1. The van der Waals surface area contributed by atoms with Crippen LogP contribution < -0.4 is 10.1 Å². The van der Waals surface area contributed by atoms with Crippen molar-refractivity contribution in [1.29, 1.82) is 0 Å². The van der Waals surface area contributed by atoms with Gasteiger partial charge in [0.2, 0.25) is 0 Å². The normalized spacial score (nSPS) is 14.4. The molecule has 7 nitrogen and oxygen atoms in total. The Morgan fingerprint density at radius 2 is 1.97 bits per heavy atom.